The van der Waals surface area contributed by atoms with E-state index < -0.39 is 0 Å². The zero-order valence-corrected chi connectivity index (χ0v) is 13.0. The number of phenolic OH excluding ortho intramolecular Hbond substituents is 1. The molecule has 0 fully saturated rings. The van der Waals surface area contributed by atoms with Gasteiger partial charge in [-0.15, -0.1) is 0 Å². The fraction of sp³-hybridized carbons (Fsp3) is 0.294. The molecular formula is C17H20O6. The van der Waals surface area contributed by atoms with E-state index in [2.05, 4.69) is 0 Å². The molecular weight excluding hydrogens is 300 g/mol. The van der Waals surface area contributed by atoms with Gasteiger partial charge < -0.3 is 29.9 Å². The highest BCUT2D eigenvalue weighted by Gasteiger charge is 2.13. The first kappa shape index (κ1) is 16.9. The Balaban J connectivity index is 2.43. The highest BCUT2D eigenvalue weighted by molar-refractivity contribution is 5.54. The number of phenols is 2. The zero-order valence-electron chi connectivity index (χ0n) is 13.0. The molecule has 0 heterocycles. The Hall–Kier alpha value is -2.44. The van der Waals surface area contributed by atoms with Crippen molar-refractivity contribution in [3.8, 4) is 23.0 Å². The topological polar surface area (TPSA) is 99.4 Å². The minimum absolute atomic E-state index is 0.0726. The number of hydrogen-bond donors (Lipinski definition) is 4. The third-order valence-electron chi connectivity index (χ3n) is 3.62. The van der Waals surface area contributed by atoms with Crippen LogP contribution in [-0.2, 0) is 19.6 Å². The third kappa shape index (κ3) is 3.49. The molecule has 2 aromatic rings. The second-order valence-corrected chi connectivity index (χ2v) is 5.10. The lowest BCUT2D eigenvalue weighted by Gasteiger charge is -2.13. The first-order valence-corrected chi connectivity index (χ1v) is 7.03. The Kier molecular flexibility index (Phi) is 5.31. The standard InChI is InChI=1S/C17H20O6/c1-22-14-6-11(7-15(23-2)17(14)21)3-10-4-12(8-18)16(20)13(5-10)9-19/h4-7,18-21H,3,8-9H2,1-2H3. The van der Waals surface area contributed by atoms with E-state index in [9.17, 15) is 20.4 Å². The lowest BCUT2D eigenvalue weighted by atomic mass is 9.98. The van der Waals surface area contributed by atoms with E-state index in [0.29, 0.717) is 29.0 Å². The molecule has 0 aliphatic carbocycles. The van der Waals surface area contributed by atoms with Crippen molar-refractivity contribution >= 4 is 0 Å². The van der Waals surface area contributed by atoms with E-state index in [1.807, 2.05) is 0 Å². The zero-order chi connectivity index (χ0) is 17.0. The molecule has 0 saturated heterocycles. The first-order chi connectivity index (χ1) is 11.0. The van der Waals surface area contributed by atoms with Gasteiger partial charge in [-0.2, -0.15) is 0 Å². The van der Waals surface area contributed by atoms with Crippen LogP contribution in [0.15, 0.2) is 24.3 Å². The van der Waals surface area contributed by atoms with Gasteiger partial charge in [-0.25, -0.2) is 0 Å². The molecule has 6 nitrogen and oxygen atoms in total. The van der Waals surface area contributed by atoms with Gasteiger partial charge in [0.25, 0.3) is 0 Å². The Labute approximate surface area is 134 Å². The van der Waals surface area contributed by atoms with Crippen molar-refractivity contribution in [1.29, 1.82) is 0 Å². The fourth-order valence-corrected chi connectivity index (χ4v) is 2.46. The van der Waals surface area contributed by atoms with Gasteiger partial charge >= 0.3 is 0 Å². The third-order valence-corrected chi connectivity index (χ3v) is 3.62. The van der Waals surface area contributed by atoms with Gasteiger partial charge in [0.15, 0.2) is 11.5 Å². The maximum Gasteiger partial charge on any atom is 0.200 e. The van der Waals surface area contributed by atoms with Crippen LogP contribution in [0.25, 0.3) is 0 Å². The lowest BCUT2D eigenvalue weighted by Crippen LogP contribution is -1.98. The molecule has 6 heteroatoms. The van der Waals surface area contributed by atoms with Crippen LogP contribution in [-0.4, -0.2) is 34.6 Å². The molecule has 0 saturated carbocycles. The van der Waals surface area contributed by atoms with Crippen molar-refractivity contribution in [2.24, 2.45) is 0 Å². The van der Waals surface area contributed by atoms with Gasteiger partial charge in [-0.1, -0.05) is 0 Å². The molecule has 0 aromatic heterocycles. The Bertz CT molecular complexity index is 586. The van der Waals surface area contributed by atoms with Gasteiger partial charge in [0.1, 0.15) is 5.75 Å². The quantitative estimate of drug-likeness (QED) is 0.646. The average Bonchev–Trinajstić information content (AvgIpc) is 2.57. The highest BCUT2D eigenvalue weighted by Crippen LogP contribution is 2.38. The number of methoxy groups -OCH3 is 2. The normalized spacial score (nSPS) is 10.6. The number of aliphatic hydroxyl groups is 2. The average molecular weight is 320 g/mol. The molecule has 0 bridgehead atoms. The van der Waals surface area contributed by atoms with Crippen molar-refractivity contribution in [1.82, 2.24) is 0 Å². The second kappa shape index (κ2) is 7.21. The summed E-state index contributed by atoms with van der Waals surface area (Å²) in [6.45, 7) is -0.649. The van der Waals surface area contributed by atoms with Crippen molar-refractivity contribution in [2.75, 3.05) is 14.2 Å². The molecule has 124 valence electrons. The van der Waals surface area contributed by atoms with Crippen LogP contribution >= 0.6 is 0 Å². The summed E-state index contributed by atoms with van der Waals surface area (Å²) in [5.41, 5.74) is 2.31. The molecule has 4 N–H and O–H groups in total. The van der Waals surface area contributed by atoms with Crippen molar-refractivity contribution in [3.05, 3.63) is 46.5 Å². The van der Waals surface area contributed by atoms with Gasteiger partial charge in [0, 0.05) is 11.1 Å². The summed E-state index contributed by atoms with van der Waals surface area (Å²) in [6, 6.07) is 6.70. The lowest BCUT2D eigenvalue weighted by molar-refractivity contribution is 0.263. The maximum absolute atomic E-state index is 9.93. The van der Waals surface area contributed by atoms with Crippen molar-refractivity contribution < 1.29 is 29.9 Å². The summed E-state index contributed by atoms with van der Waals surface area (Å²) >= 11 is 0. The van der Waals surface area contributed by atoms with Crippen LogP contribution in [0.4, 0.5) is 0 Å². The number of benzene rings is 2. The molecule has 0 atom stereocenters. The minimum Gasteiger partial charge on any atom is -0.507 e. The first-order valence-electron chi connectivity index (χ1n) is 7.03. The summed E-state index contributed by atoms with van der Waals surface area (Å²) in [7, 11) is 2.90. The van der Waals surface area contributed by atoms with Crippen LogP contribution in [0.3, 0.4) is 0 Å². The van der Waals surface area contributed by atoms with Crippen molar-refractivity contribution in [3.63, 3.8) is 0 Å². The van der Waals surface area contributed by atoms with Gasteiger partial charge in [-0.3, -0.25) is 0 Å². The van der Waals surface area contributed by atoms with E-state index in [-0.39, 0.29) is 24.7 Å². The number of aromatic hydroxyl groups is 2. The molecule has 2 aromatic carbocycles. The number of ether oxygens (including phenoxy) is 2. The Morgan fingerprint density at radius 2 is 1.17 bits per heavy atom. The molecule has 0 radical (unpaired) electrons. The molecule has 0 amide bonds. The minimum atomic E-state index is -0.325. The summed E-state index contributed by atoms with van der Waals surface area (Å²) < 4.78 is 10.2. The smallest absolute Gasteiger partial charge is 0.200 e. The predicted molar refractivity (Wildman–Crippen MR) is 84.0 cm³/mol. The van der Waals surface area contributed by atoms with Crippen LogP contribution in [0.1, 0.15) is 22.3 Å². The van der Waals surface area contributed by atoms with E-state index in [4.69, 9.17) is 9.47 Å². The Morgan fingerprint density at radius 3 is 1.57 bits per heavy atom. The van der Waals surface area contributed by atoms with Gasteiger partial charge in [0.05, 0.1) is 27.4 Å². The molecule has 0 aliphatic heterocycles. The van der Waals surface area contributed by atoms with Crippen LogP contribution in [0, 0.1) is 0 Å². The van der Waals surface area contributed by atoms with Crippen LogP contribution in [0.5, 0.6) is 23.0 Å². The molecule has 23 heavy (non-hydrogen) atoms. The maximum atomic E-state index is 9.93. The molecule has 0 spiro atoms. The molecule has 2 rings (SSSR count). The van der Waals surface area contributed by atoms with Gasteiger partial charge in [0.2, 0.25) is 5.75 Å². The van der Waals surface area contributed by atoms with Crippen LogP contribution < -0.4 is 9.47 Å². The monoisotopic (exact) mass is 320 g/mol. The van der Waals surface area contributed by atoms with Crippen LogP contribution in [0.2, 0.25) is 0 Å². The van der Waals surface area contributed by atoms with E-state index in [0.717, 1.165) is 11.1 Å². The second-order valence-electron chi connectivity index (χ2n) is 5.10. The number of aliphatic hydroxyl groups excluding tert-OH is 2. The largest absolute Gasteiger partial charge is 0.507 e. The van der Waals surface area contributed by atoms with E-state index in [1.54, 1.807) is 24.3 Å². The summed E-state index contributed by atoms with van der Waals surface area (Å²) in [5, 5.41) is 38.4. The fourth-order valence-electron chi connectivity index (χ4n) is 2.46. The number of hydrogen-bond acceptors (Lipinski definition) is 6. The van der Waals surface area contributed by atoms with E-state index in [1.165, 1.54) is 14.2 Å². The summed E-state index contributed by atoms with van der Waals surface area (Å²) in [4.78, 5) is 0. The molecule has 0 unspecified atom stereocenters. The summed E-state index contributed by atoms with van der Waals surface area (Å²) in [6.07, 6.45) is 0.452. The summed E-state index contributed by atoms with van der Waals surface area (Å²) in [5.74, 6) is 0.418. The van der Waals surface area contributed by atoms with Gasteiger partial charge in [-0.05, 0) is 41.8 Å². The Morgan fingerprint density at radius 1 is 0.739 bits per heavy atom. The predicted octanol–water partition coefficient (Wildman–Crippen LogP) is 1.69. The highest BCUT2D eigenvalue weighted by atomic mass is 16.5. The SMILES string of the molecule is COc1cc(Cc2cc(CO)c(O)c(CO)c2)cc(OC)c1O. The van der Waals surface area contributed by atoms with E-state index >= 15 is 0 Å². The van der Waals surface area contributed by atoms with Crippen molar-refractivity contribution in [2.45, 2.75) is 19.6 Å². The molecule has 0 aliphatic rings. The number of rotatable bonds is 6.